The lowest BCUT2D eigenvalue weighted by molar-refractivity contribution is -0.116. The number of carbonyl (C=O) groups is 2. The van der Waals surface area contributed by atoms with Crippen molar-refractivity contribution in [3.8, 4) is 18.1 Å². The molecule has 2 heterocycles. The molecule has 9 heteroatoms. The number of benzene rings is 1. The number of nitrogens with zero attached hydrogens (tertiary/aromatic N) is 2. The lowest BCUT2D eigenvalue weighted by Crippen LogP contribution is -2.32. The highest BCUT2D eigenvalue weighted by atomic mass is 32.1. The van der Waals surface area contributed by atoms with Crippen LogP contribution < -0.4 is 15.4 Å². The van der Waals surface area contributed by atoms with E-state index in [4.69, 9.17) is 15.9 Å². The Balaban J connectivity index is 1.33. The van der Waals surface area contributed by atoms with Crippen molar-refractivity contribution in [2.45, 2.75) is 51.7 Å². The summed E-state index contributed by atoms with van der Waals surface area (Å²) in [7, 11) is 1.87. The Labute approximate surface area is 215 Å². The summed E-state index contributed by atoms with van der Waals surface area (Å²) in [4.78, 5) is 30.3. The van der Waals surface area contributed by atoms with Gasteiger partial charge in [-0.05, 0) is 43.4 Å². The van der Waals surface area contributed by atoms with Crippen molar-refractivity contribution in [3.05, 3.63) is 64.1 Å². The molecule has 36 heavy (non-hydrogen) atoms. The van der Waals surface area contributed by atoms with Gasteiger partial charge in [-0.1, -0.05) is 24.1 Å². The molecule has 1 aliphatic rings. The van der Waals surface area contributed by atoms with Crippen LogP contribution in [-0.4, -0.2) is 34.3 Å². The lowest BCUT2D eigenvalue weighted by Gasteiger charge is -2.22. The molecular formula is C27H30N4O4S. The topological polar surface area (TPSA) is 94.5 Å². The third-order valence-corrected chi connectivity index (χ3v) is 7.27. The van der Waals surface area contributed by atoms with E-state index in [9.17, 15) is 9.59 Å². The monoisotopic (exact) mass is 506 g/mol. The molecule has 0 bridgehead atoms. The van der Waals surface area contributed by atoms with E-state index in [2.05, 4.69) is 21.5 Å². The number of thiophene rings is 1. The zero-order valence-corrected chi connectivity index (χ0v) is 21.3. The summed E-state index contributed by atoms with van der Waals surface area (Å²) >= 11 is 1.47. The Morgan fingerprint density at radius 3 is 2.92 bits per heavy atom. The number of nitrogens with one attached hydrogen (secondary N) is 2. The molecule has 2 amide bonds. The first-order chi connectivity index (χ1) is 17.5. The minimum absolute atomic E-state index is 0.0992. The van der Waals surface area contributed by atoms with Gasteiger partial charge < -0.3 is 24.7 Å². The van der Waals surface area contributed by atoms with E-state index >= 15 is 0 Å². The van der Waals surface area contributed by atoms with Gasteiger partial charge >= 0.3 is 6.09 Å². The predicted molar refractivity (Wildman–Crippen MR) is 139 cm³/mol. The SMILES string of the molecule is C#Cc1c(NC(=O)CCc2ccccc2OCC)sc2c1CCC(OC(=O)NCc1nccn1C)C2. The van der Waals surface area contributed by atoms with Crippen LogP contribution in [-0.2, 0) is 42.4 Å². The quantitative estimate of drug-likeness (QED) is 0.424. The fraction of sp³-hybridized carbons (Fsp3) is 0.370. The first-order valence-electron chi connectivity index (χ1n) is 12.0. The van der Waals surface area contributed by atoms with Crippen molar-refractivity contribution in [1.29, 1.82) is 0 Å². The van der Waals surface area contributed by atoms with Crippen LogP contribution in [0.25, 0.3) is 0 Å². The number of fused-ring (bicyclic) bond motifs is 1. The number of rotatable bonds is 9. The maximum absolute atomic E-state index is 12.7. The minimum atomic E-state index is -0.471. The predicted octanol–water partition coefficient (Wildman–Crippen LogP) is 4.22. The smallest absolute Gasteiger partial charge is 0.407 e. The normalized spacial score (nSPS) is 14.4. The zero-order chi connectivity index (χ0) is 25.5. The molecule has 8 nitrogen and oxygen atoms in total. The standard InChI is InChI=1S/C27H30N4O4S/c1-4-20-21-12-11-19(35-27(33)29-17-24-28-14-15-31(24)3)16-23(21)36-26(20)30-25(32)13-10-18-8-6-7-9-22(18)34-5-2/h1,6-9,14-15,19H,5,10-13,16-17H2,2-3H3,(H,29,33)(H,30,32). The van der Waals surface area contributed by atoms with Crippen LogP contribution in [0.15, 0.2) is 36.7 Å². The summed E-state index contributed by atoms with van der Waals surface area (Å²) < 4.78 is 13.1. The molecule has 0 saturated carbocycles. The van der Waals surface area contributed by atoms with Gasteiger partial charge in [-0.3, -0.25) is 4.79 Å². The number of anilines is 1. The van der Waals surface area contributed by atoms with Gasteiger partial charge in [0.05, 0.1) is 18.7 Å². The van der Waals surface area contributed by atoms with Crippen LogP contribution in [0.5, 0.6) is 5.75 Å². The van der Waals surface area contributed by atoms with E-state index in [0.29, 0.717) is 50.3 Å². The van der Waals surface area contributed by atoms with E-state index < -0.39 is 6.09 Å². The number of carbonyl (C=O) groups excluding carboxylic acids is 2. The van der Waals surface area contributed by atoms with Gasteiger partial charge in [-0.25, -0.2) is 9.78 Å². The average molecular weight is 507 g/mol. The van der Waals surface area contributed by atoms with Crippen LogP contribution in [0.2, 0.25) is 0 Å². The maximum atomic E-state index is 12.7. The van der Waals surface area contributed by atoms with E-state index in [1.54, 1.807) is 6.20 Å². The maximum Gasteiger partial charge on any atom is 0.407 e. The second-order valence-corrected chi connectivity index (χ2v) is 9.62. The van der Waals surface area contributed by atoms with Crippen LogP contribution in [0.4, 0.5) is 9.80 Å². The van der Waals surface area contributed by atoms with Gasteiger partial charge in [-0.15, -0.1) is 17.8 Å². The number of hydrogen-bond donors (Lipinski definition) is 2. The van der Waals surface area contributed by atoms with Gasteiger partial charge in [0.15, 0.2) is 0 Å². The molecule has 1 aliphatic carbocycles. The number of alkyl carbamates (subject to hydrolysis) is 1. The van der Waals surface area contributed by atoms with Gasteiger partial charge in [0.25, 0.3) is 0 Å². The number of ether oxygens (including phenoxy) is 2. The third kappa shape index (κ3) is 6.07. The van der Waals surface area contributed by atoms with E-state index in [1.807, 2.05) is 49.0 Å². The first kappa shape index (κ1) is 25.3. The molecule has 2 aromatic heterocycles. The Morgan fingerprint density at radius 1 is 1.33 bits per heavy atom. The highest BCUT2D eigenvalue weighted by Gasteiger charge is 2.28. The van der Waals surface area contributed by atoms with Gasteiger partial charge in [0, 0.05) is 37.2 Å². The van der Waals surface area contributed by atoms with Crippen molar-refractivity contribution in [2.24, 2.45) is 7.05 Å². The highest BCUT2D eigenvalue weighted by Crippen LogP contribution is 2.38. The Bertz CT molecular complexity index is 1270. The second kappa shape index (κ2) is 11.8. The molecule has 4 rings (SSSR count). The Morgan fingerprint density at radius 2 is 2.17 bits per heavy atom. The summed E-state index contributed by atoms with van der Waals surface area (Å²) in [6.07, 6.45) is 11.4. The molecular weight excluding hydrogens is 476 g/mol. The summed E-state index contributed by atoms with van der Waals surface area (Å²) in [5.41, 5.74) is 2.79. The van der Waals surface area contributed by atoms with Gasteiger partial charge in [0.1, 0.15) is 22.7 Å². The van der Waals surface area contributed by atoms with Crippen LogP contribution in [0, 0.1) is 12.3 Å². The zero-order valence-electron chi connectivity index (χ0n) is 20.5. The first-order valence-corrected chi connectivity index (χ1v) is 12.8. The van der Waals surface area contributed by atoms with Crippen molar-refractivity contribution in [1.82, 2.24) is 14.9 Å². The van der Waals surface area contributed by atoms with Crippen molar-refractivity contribution in [3.63, 3.8) is 0 Å². The summed E-state index contributed by atoms with van der Waals surface area (Å²) in [5, 5.41) is 6.44. The molecule has 2 N–H and O–H groups in total. The number of para-hydroxylation sites is 1. The largest absolute Gasteiger partial charge is 0.494 e. The number of amides is 2. The summed E-state index contributed by atoms with van der Waals surface area (Å²) in [6.45, 7) is 2.81. The summed E-state index contributed by atoms with van der Waals surface area (Å²) in [5.74, 6) is 4.20. The van der Waals surface area contributed by atoms with Crippen molar-refractivity contribution in [2.75, 3.05) is 11.9 Å². The molecule has 1 atom stereocenters. The van der Waals surface area contributed by atoms with Crippen LogP contribution >= 0.6 is 11.3 Å². The molecule has 1 unspecified atom stereocenters. The molecule has 0 radical (unpaired) electrons. The molecule has 0 spiro atoms. The van der Waals surface area contributed by atoms with E-state index in [-0.39, 0.29) is 12.0 Å². The number of hydrogen-bond acceptors (Lipinski definition) is 6. The van der Waals surface area contributed by atoms with E-state index in [1.165, 1.54) is 11.3 Å². The highest BCUT2D eigenvalue weighted by molar-refractivity contribution is 7.16. The molecule has 0 aliphatic heterocycles. The molecule has 0 saturated heterocycles. The number of aryl methyl sites for hydroxylation is 2. The lowest BCUT2D eigenvalue weighted by atomic mass is 9.93. The molecule has 0 fully saturated rings. The fourth-order valence-electron chi connectivity index (χ4n) is 4.25. The Kier molecular flexibility index (Phi) is 8.28. The molecule has 1 aromatic carbocycles. The van der Waals surface area contributed by atoms with Crippen molar-refractivity contribution < 1.29 is 19.1 Å². The third-order valence-electron chi connectivity index (χ3n) is 6.10. The molecule has 188 valence electrons. The molecule has 3 aromatic rings. The van der Waals surface area contributed by atoms with Crippen LogP contribution in [0.1, 0.15) is 47.2 Å². The minimum Gasteiger partial charge on any atom is -0.494 e. The second-order valence-electron chi connectivity index (χ2n) is 8.52. The number of imidazole rings is 1. The fourth-order valence-corrected chi connectivity index (χ4v) is 5.54. The van der Waals surface area contributed by atoms with Crippen LogP contribution in [0.3, 0.4) is 0 Å². The summed E-state index contributed by atoms with van der Waals surface area (Å²) in [6, 6.07) is 7.75. The van der Waals surface area contributed by atoms with Gasteiger partial charge in [-0.2, -0.15) is 0 Å². The van der Waals surface area contributed by atoms with Crippen molar-refractivity contribution >= 4 is 28.3 Å². The van der Waals surface area contributed by atoms with E-state index in [0.717, 1.165) is 33.1 Å². The number of terminal acetylenes is 1. The van der Waals surface area contributed by atoms with Gasteiger partial charge in [0.2, 0.25) is 5.91 Å². The average Bonchev–Trinajstić information content (AvgIpc) is 3.43. The number of aromatic nitrogens is 2. The Hall–Kier alpha value is -3.77.